The number of aromatic nitrogens is 2. The quantitative estimate of drug-likeness (QED) is 0.832. The summed E-state index contributed by atoms with van der Waals surface area (Å²) in [7, 11) is 0. The van der Waals surface area contributed by atoms with Crippen LogP contribution in [0.1, 0.15) is 0 Å². The molecule has 0 unspecified atom stereocenters. The molecule has 0 radical (unpaired) electrons. The van der Waals surface area contributed by atoms with Crippen molar-refractivity contribution >= 4 is 35.1 Å². The molecule has 2 aliphatic rings. The van der Waals surface area contributed by atoms with E-state index in [0.717, 1.165) is 75.3 Å². The van der Waals surface area contributed by atoms with E-state index in [1.807, 2.05) is 12.1 Å². The van der Waals surface area contributed by atoms with Gasteiger partial charge in [0.15, 0.2) is 0 Å². The summed E-state index contributed by atoms with van der Waals surface area (Å²) in [4.78, 5) is 14.1. The topological polar surface area (TPSA) is 50.7 Å². The summed E-state index contributed by atoms with van der Waals surface area (Å²) in [5.41, 5.74) is 1.00. The summed E-state index contributed by atoms with van der Waals surface area (Å²) < 4.78 is 10.9. The third-order valence-corrected chi connectivity index (χ3v) is 4.18. The number of nitrogens with zero attached hydrogens (tertiary/aromatic N) is 4. The van der Waals surface area contributed by atoms with Gasteiger partial charge in [0.25, 0.3) is 0 Å². The van der Waals surface area contributed by atoms with E-state index in [2.05, 4.69) is 21.9 Å². The molecular formula is C16H21ClN4O2. The first-order valence-electron chi connectivity index (χ1n) is 7.84. The van der Waals surface area contributed by atoms with E-state index >= 15 is 0 Å². The molecule has 0 amide bonds. The Bertz CT molecular complexity index is 658. The Balaban J connectivity index is 0.00000156. The van der Waals surface area contributed by atoms with E-state index in [1.54, 1.807) is 0 Å². The highest BCUT2D eigenvalue weighted by atomic mass is 35.5. The van der Waals surface area contributed by atoms with Crippen molar-refractivity contribution in [2.75, 3.05) is 62.4 Å². The van der Waals surface area contributed by atoms with Crippen LogP contribution in [0.3, 0.4) is 0 Å². The number of para-hydroxylation sites is 1. The maximum atomic E-state index is 5.47. The second-order valence-corrected chi connectivity index (χ2v) is 5.56. The number of hydrogen-bond acceptors (Lipinski definition) is 6. The molecule has 2 aliphatic heterocycles. The van der Waals surface area contributed by atoms with Crippen LogP contribution < -0.4 is 9.80 Å². The predicted molar refractivity (Wildman–Crippen MR) is 92.9 cm³/mol. The fourth-order valence-corrected chi connectivity index (χ4v) is 2.97. The van der Waals surface area contributed by atoms with Crippen LogP contribution in [0.4, 0.5) is 11.8 Å². The van der Waals surface area contributed by atoms with E-state index in [-0.39, 0.29) is 12.4 Å². The van der Waals surface area contributed by atoms with Gasteiger partial charge in [-0.05, 0) is 12.1 Å². The first-order valence-corrected chi connectivity index (χ1v) is 7.84. The fourth-order valence-electron chi connectivity index (χ4n) is 2.97. The van der Waals surface area contributed by atoms with Gasteiger partial charge in [-0.3, -0.25) is 0 Å². The molecule has 2 saturated heterocycles. The zero-order valence-electron chi connectivity index (χ0n) is 13.0. The molecule has 2 fully saturated rings. The number of benzene rings is 1. The largest absolute Gasteiger partial charge is 0.378 e. The molecule has 4 rings (SSSR count). The molecule has 7 heteroatoms. The van der Waals surface area contributed by atoms with E-state index in [4.69, 9.17) is 19.4 Å². The summed E-state index contributed by atoms with van der Waals surface area (Å²) in [5.74, 6) is 1.83. The van der Waals surface area contributed by atoms with Crippen molar-refractivity contribution in [2.24, 2.45) is 0 Å². The van der Waals surface area contributed by atoms with Crippen molar-refractivity contribution in [3.63, 3.8) is 0 Å². The van der Waals surface area contributed by atoms with Crippen LogP contribution >= 0.6 is 12.4 Å². The standard InChI is InChI=1S/C16H20N4O2.ClH/c1-2-4-14-13(3-1)15(19-5-9-21-10-6-19)18-16(17-14)20-7-11-22-12-8-20;/h1-4H,5-12H2;1H. The molecular weight excluding hydrogens is 316 g/mol. The van der Waals surface area contributed by atoms with Gasteiger partial charge in [0.1, 0.15) is 5.82 Å². The second-order valence-electron chi connectivity index (χ2n) is 5.56. The normalized spacial score (nSPS) is 18.8. The molecule has 6 nitrogen and oxygen atoms in total. The number of fused-ring (bicyclic) bond motifs is 1. The molecule has 0 atom stereocenters. The van der Waals surface area contributed by atoms with Crippen molar-refractivity contribution in [1.82, 2.24) is 9.97 Å². The Morgan fingerprint density at radius 2 is 1.39 bits per heavy atom. The van der Waals surface area contributed by atoms with Gasteiger partial charge in [0.2, 0.25) is 5.95 Å². The number of rotatable bonds is 2. The SMILES string of the molecule is Cl.c1ccc2c(N3CCOCC3)nc(N3CCOCC3)nc2c1. The Morgan fingerprint density at radius 1 is 0.783 bits per heavy atom. The minimum absolute atomic E-state index is 0. The zero-order valence-corrected chi connectivity index (χ0v) is 13.8. The minimum atomic E-state index is 0. The summed E-state index contributed by atoms with van der Waals surface area (Å²) in [6.07, 6.45) is 0. The molecule has 2 aromatic rings. The monoisotopic (exact) mass is 336 g/mol. The average molecular weight is 337 g/mol. The molecule has 0 N–H and O–H groups in total. The summed E-state index contributed by atoms with van der Waals surface area (Å²) in [6, 6.07) is 8.24. The van der Waals surface area contributed by atoms with Crippen LogP contribution in [0.2, 0.25) is 0 Å². The van der Waals surface area contributed by atoms with Gasteiger partial charge in [-0.15, -0.1) is 12.4 Å². The van der Waals surface area contributed by atoms with Crippen molar-refractivity contribution in [2.45, 2.75) is 0 Å². The second kappa shape index (κ2) is 7.29. The van der Waals surface area contributed by atoms with Crippen molar-refractivity contribution in [3.05, 3.63) is 24.3 Å². The molecule has 3 heterocycles. The van der Waals surface area contributed by atoms with Crippen LogP contribution in [0, 0.1) is 0 Å². The van der Waals surface area contributed by atoms with E-state index < -0.39 is 0 Å². The van der Waals surface area contributed by atoms with Crippen LogP contribution in [-0.2, 0) is 9.47 Å². The van der Waals surface area contributed by atoms with Crippen molar-refractivity contribution < 1.29 is 9.47 Å². The van der Waals surface area contributed by atoms with Gasteiger partial charge in [-0.1, -0.05) is 12.1 Å². The Hall–Kier alpha value is -1.63. The maximum Gasteiger partial charge on any atom is 0.228 e. The molecule has 0 spiro atoms. The lowest BCUT2D eigenvalue weighted by Crippen LogP contribution is -2.39. The number of hydrogen-bond donors (Lipinski definition) is 0. The van der Waals surface area contributed by atoms with Gasteiger partial charge in [-0.2, -0.15) is 4.98 Å². The first kappa shape index (κ1) is 16.2. The summed E-state index contributed by atoms with van der Waals surface area (Å²) in [5, 5.41) is 1.11. The molecule has 0 saturated carbocycles. The summed E-state index contributed by atoms with van der Waals surface area (Å²) in [6.45, 7) is 6.44. The van der Waals surface area contributed by atoms with E-state index in [1.165, 1.54) is 0 Å². The molecule has 0 bridgehead atoms. The van der Waals surface area contributed by atoms with Crippen molar-refractivity contribution in [1.29, 1.82) is 0 Å². The van der Waals surface area contributed by atoms with Gasteiger partial charge in [0, 0.05) is 31.6 Å². The van der Waals surface area contributed by atoms with Crippen LogP contribution in [-0.4, -0.2) is 62.6 Å². The highest BCUT2D eigenvalue weighted by Crippen LogP contribution is 2.27. The predicted octanol–water partition coefficient (Wildman–Crippen LogP) is 1.72. The molecule has 1 aromatic carbocycles. The van der Waals surface area contributed by atoms with Gasteiger partial charge in [-0.25, -0.2) is 4.98 Å². The fraction of sp³-hybridized carbons (Fsp3) is 0.500. The molecule has 124 valence electrons. The Kier molecular flexibility index (Phi) is 5.15. The number of morpholine rings is 2. The highest BCUT2D eigenvalue weighted by Gasteiger charge is 2.20. The first-order chi connectivity index (χ1) is 10.9. The van der Waals surface area contributed by atoms with Crippen LogP contribution in [0.25, 0.3) is 10.9 Å². The lowest BCUT2D eigenvalue weighted by Gasteiger charge is -2.31. The van der Waals surface area contributed by atoms with E-state index in [0.29, 0.717) is 0 Å². The van der Waals surface area contributed by atoms with Crippen LogP contribution in [0.5, 0.6) is 0 Å². The van der Waals surface area contributed by atoms with Gasteiger partial charge in [0.05, 0.1) is 31.9 Å². The number of halogens is 1. The van der Waals surface area contributed by atoms with E-state index in [9.17, 15) is 0 Å². The zero-order chi connectivity index (χ0) is 14.8. The lowest BCUT2D eigenvalue weighted by atomic mass is 10.2. The van der Waals surface area contributed by atoms with Crippen molar-refractivity contribution in [3.8, 4) is 0 Å². The third-order valence-electron chi connectivity index (χ3n) is 4.18. The number of ether oxygens (including phenoxy) is 2. The van der Waals surface area contributed by atoms with Crippen LogP contribution in [0.15, 0.2) is 24.3 Å². The third kappa shape index (κ3) is 3.34. The smallest absolute Gasteiger partial charge is 0.228 e. The van der Waals surface area contributed by atoms with Gasteiger partial charge < -0.3 is 19.3 Å². The molecule has 0 aliphatic carbocycles. The number of anilines is 2. The van der Waals surface area contributed by atoms with Gasteiger partial charge >= 0.3 is 0 Å². The minimum Gasteiger partial charge on any atom is -0.378 e. The molecule has 23 heavy (non-hydrogen) atoms. The lowest BCUT2D eigenvalue weighted by molar-refractivity contribution is 0.121. The highest BCUT2D eigenvalue weighted by molar-refractivity contribution is 5.90. The Labute approximate surface area is 141 Å². The Morgan fingerprint density at radius 3 is 2.09 bits per heavy atom. The maximum absolute atomic E-state index is 5.47. The molecule has 1 aromatic heterocycles. The summed E-state index contributed by atoms with van der Waals surface area (Å²) >= 11 is 0. The average Bonchev–Trinajstić information content (AvgIpc) is 2.62.